The molecule has 3 rings (SSSR count). The van der Waals surface area contributed by atoms with Crippen molar-refractivity contribution in [3.05, 3.63) is 12.4 Å². The van der Waals surface area contributed by atoms with E-state index in [1.807, 2.05) is 11.8 Å². The highest BCUT2D eigenvalue weighted by atomic mass is 32.2. The molecule has 2 saturated heterocycles. The summed E-state index contributed by atoms with van der Waals surface area (Å²) in [7, 11) is 0. The first-order valence-electron chi connectivity index (χ1n) is 6.22. The summed E-state index contributed by atoms with van der Waals surface area (Å²) in [5.74, 6) is 2.91. The van der Waals surface area contributed by atoms with Crippen molar-refractivity contribution >= 4 is 29.3 Å². The maximum atomic E-state index is 6.02. The summed E-state index contributed by atoms with van der Waals surface area (Å²) >= 11 is 3.77. The van der Waals surface area contributed by atoms with E-state index in [0.29, 0.717) is 11.1 Å². The van der Waals surface area contributed by atoms with E-state index in [1.165, 1.54) is 12.2 Å². The van der Waals surface area contributed by atoms with Crippen LogP contribution in [0.1, 0.15) is 19.3 Å². The first-order chi connectivity index (χ1) is 8.77. The van der Waals surface area contributed by atoms with Gasteiger partial charge in [-0.3, -0.25) is 0 Å². The second-order valence-electron chi connectivity index (χ2n) is 4.81. The van der Waals surface area contributed by atoms with E-state index in [4.69, 9.17) is 10.5 Å². The van der Waals surface area contributed by atoms with Gasteiger partial charge in [0.1, 0.15) is 5.03 Å². The fraction of sp³-hybridized carbons (Fsp3) is 0.667. The quantitative estimate of drug-likeness (QED) is 0.898. The van der Waals surface area contributed by atoms with E-state index in [9.17, 15) is 0 Å². The van der Waals surface area contributed by atoms with Crippen molar-refractivity contribution in [1.29, 1.82) is 0 Å². The van der Waals surface area contributed by atoms with Gasteiger partial charge in [0, 0.05) is 30.0 Å². The van der Waals surface area contributed by atoms with Gasteiger partial charge in [-0.15, -0.1) is 0 Å². The van der Waals surface area contributed by atoms with E-state index >= 15 is 0 Å². The lowest BCUT2D eigenvalue weighted by Crippen LogP contribution is -2.40. The number of hydrogen-bond donors (Lipinski definition) is 1. The van der Waals surface area contributed by atoms with Crippen molar-refractivity contribution in [3.63, 3.8) is 0 Å². The smallest absolute Gasteiger partial charge is 0.156 e. The zero-order valence-electron chi connectivity index (χ0n) is 10.2. The highest BCUT2D eigenvalue weighted by Crippen LogP contribution is 2.43. The van der Waals surface area contributed by atoms with E-state index in [2.05, 4.69) is 9.97 Å². The Hall–Kier alpha value is -0.460. The van der Waals surface area contributed by atoms with Crippen molar-refractivity contribution in [2.24, 2.45) is 0 Å². The molecule has 0 bridgehead atoms. The summed E-state index contributed by atoms with van der Waals surface area (Å²) in [5, 5.41) is 1.42. The van der Waals surface area contributed by atoms with Crippen LogP contribution in [0.5, 0.6) is 0 Å². The molecule has 0 aromatic carbocycles. The minimum Gasteiger partial charge on any atom is -0.381 e. The minimum atomic E-state index is 0.123. The fourth-order valence-electron chi connectivity index (χ4n) is 2.53. The maximum Gasteiger partial charge on any atom is 0.156 e. The summed E-state index contributed by atoms with van der Waals surface area (Å²) < 4.78 is 6.02. The third-order valence-electron chi connectivity index (χ3n) is 3.48. The normalized spacial score (nSPS) is 31.9. The summed E-state index contributed by atoms with van der Waals surface area (Å²) in [4.78, 5) is 8.41. The Morgan fingerprint density at radius 2 is 2.33 bits per heavy atom. The van der Waals surface area contributed by atoms with Gasteiger partial charge < -0.3 is 10.5 Å². The molecule has 2 aliphatic rings. The highest BCUT2D eigenvalue weighted by Gasteiger charge is 2.40. The van der Waals surface area contributed by atoms with Crippen LogP contribution >= 0.6 is 23.5 Å². The summed E-state index contributed by atoms with van der Waals surface area (Å²) in [6, 6.07) is 0. The molecule has 1 aromatic rings. The van der Waals surface area contributed by atoms with Crippen molar-refractivity contribution < 1.29 is 4.74 Å². The van der Waals surface area contributed by atoms with Crippen molar-refractivity contribution in [1.82, 2.24) is 9.97 Å². The van der Waals surface area contributed by atoms with Gasteiger partial charge in [-0.25, -0.2) is 9.97 Å². The number of ether oxygens (including phenoxy) is 1. The molecule has 1 spiro atoms. The van der Waals surface area contributed by atoms with Gasteiger partial charge >= 0.3 is 0 Å². The van der Waals surface area contributed by atoms with E-state index in [-0.39, 0.29) is 5.60 Å². The fourth-order valence-corrected chi connectivity index (χ4v) is 5.12. The van der Waals surface area contributed by atoms with Gasteiger partial charge in [-0.2, -0.15) is 11.8 Å². The van der Waals surface area contributed by atoms with Crippen molar-refractivity contribution in [2.45, 2.75) is 35.1 Å². The molecule has 2 atom stereocenters. The number of nitrogens with two attached hydrogens (primary N) is 1. The molecular formula is C12H17N3OS2. The predicted octanol–water partition coefficient (Wildman–Crippen LogP) is 2.21. The molecule has 0 saturated carbocycles. The van der Waals surface area contributed by atoms with E-state index in [0.717, 1.165) is 30.2 Å². The Bertz CT molecular complexity index is 424. The maximum absolute atomic E-state index is 6.02. The number of rotatable bonds is 2. The molecule has 0 aliphatic carbocycles. The first-order valence-corrected chi connectivity index (χ1v) is 8.26. The second kappa shape index (κ2) is 5.27. The molecular weight excluding hydrogens is 266 g/mol. The summed E-state index contributed by atoms with van der Waals surface area (Å²) in [6.45, 7) is 0.860. The molecule has 2 fully saturated rings. The topological polar surface area (TPSA) is 61.0 Å². The molecule has 0 radical (unpaired) electrons. The molecule has 6 heteroatoms. The Balaban J connectivity index is 1.68. The van der Waals surface area contributed by atoms with Crippen LogP contribution in [-0.4, -0.2) is 38.9 Å². The van der Waals surface area contributed by atoms with Crippen LogP contribution in [0.3, 0.4) is 0 Å². The van der Waals surface area contributed by atoms with Gasteiger partial charge in [0.2, 0.25) is 0 Å². The molecule has 3 heterocycles. The molecule has 18 heavy (non-hydrogen) atoms. The third kappa shape index (κ3) is 2.60. The van der Waals surface area contributed by atoms with Crippen molar-refractivity contribution in [2.75, 3.05) is 23.8 Å². The van der Waals surface area contributed by atoms with Crippen molar-refractivity contribution in [3.8, 4) is 0 Å². The lowest BCUT2D eigenvalue weighted by molar-refractivity contribution is -0.0562. The Morgan fingerprint density at radius 3 is 3.11 bits per heavy atom. The average molecular weight is 283 g/mol. The SMILES string of the molecule is Nc1nccnc1SC1CCOC2(CCSC2)C1. The number of hydrogen-bond acceptors (Lipinski definition) is 6. The zero-order chi connectivity index (χ0) is 12.4. The predicted molar refractivity (Wildman–Crippen MR) is 75.9 cm³/mol. The Kier molecular flexibility index (Phi) is 3.68. The van der Waals surface area contributed by atoms with Crippen LogP contribution in [0, 0.1) is 0 Å². The van der Waals surface area contributed by atoms with Gasteiger partial charge in [0.05, 0.1) is 5.60 Å². The monoisotopic (exact) mass is 283 g/mol. The largest absolute Gasteiger partial charge is 0.381 e. The molecule has 2 aliphatic heterocycles. The standard InChI is InChI=1S/C12H17N3OS2/c13-10-11(15-4-3-14-10)18-9-1-5-16-12(7-9)2-6-17-8-12/h3-4,9H,1-2,5-8H2,(H2,13,14). The lowest BCUT2D eigenvalue weighted by atomic mass is 9.93. The van der Waals surface area contributed by atoms with Crippen LogP contribution in [-0.2, 0) is 4.74 Å². The van der Waals surface area contributed by atoms with Gasteiger partial charge in [0.15, 0.2) is 5.82 Å². The number of nitrogens with zero attached hydrogens (tertiary/aromatic N) is 2. The zero-order valence-corrected chi connectivity index (χ0v) is 11.8. The number of anilines is 1. The van der Waals surface area contributed by atoms with Crippen LogP contribution in [0.15, 0.2) is 17.4 Å². The Labute approximate surface area is 115 Å². The van der Waals surface area contributed by atoms with Crippen LogP contribution in [0.25, 0.3) is 0 Å². The van der Waals surface area contributed by atoms with E-state index < -0.39 is 0 Å². The van der Waals surface area contributed by atoms with Crippen LogP contribution < -0.4 is 5.73 Å². The van der Waals surface area contributed by atoms with Gasteiger partial charge in [-0.05, 0) is 25.0 Å². The number of nitrogen functional groups attached to an aromatic ring is 1. The lowest BCUT2D eigenvalue weighted by Gasteiger charge is -2.37. The minimum absolute atomic E-state index is 0.123. The molecule has 4 nitrogen and oxygen atoms in total. The number of thioether (sulfide) groups is 2. The molecule has 0 amide bonds. The highest BCUT2D eigenvalue weighted by molar-refractivity contribution is 8.00. The molecule has 98 valence electrons. The average Bonchev–Trinajstić information content (AvgIpc) is 2.80. The van der Waals surface area contributed by atoms with Crippen LogP contribution in [0.4, 0.5) is 5.82 Å². The Morgan fingerprint density at radius 1 is 1.44 bits per heavy atom. The summed E-state index contributed by atoms with van der Waals surface area (Å²) in [6.07, 6.45) is 6.72. The summed E-state index contributed by atoms with van der Waals surface area (Å²) in [5.41, 5.74) is 5.98. The molecule has 2 unspecified atom stereocenters. The third-order valence-corrected chi connectivity index (χ3v) is 5.98. The van der Waals surface area contributed by atoms with Crippen LogP contribution in [0.2, 0.25) is 0 Å². The van der Waals surface area contributed by atoms with Gasteiger partial charge in [-0.1, -0.05) is 11.8 Å². The second-order valence-corrected chi connectivity index (χ2v) is 7.21. The van der Waals surface area contributed by atoms with Gasteiger partial charge in [0.25, 0.3) is 0 Å². The molecule has 2 N–H and O–H groups in total. The number of aromatic nitrogens is 2. The first kappa shape index (κ1) is 12.6. The van der Waals surface area contributed by atoms with E-state index in [1.54, 1.807) is 24.2 Å². The molecule has 1 aromatic heterocycles.